The molecule has 7 nitrogen and oxygen atoms in total. The Bertz CT molecular complexity index is 695. The number of thiophene rings is 1. The molecule has 10 heteroatoms. The van der Waals surface area contributed by atoms with Gasteiger partial charge in [-0.05, 0) is 17.9 Å². The van der Waals surface area contributed by atoms with Gasteiger partial charge < -0.3 is 10.0 Å². The van der Waals surface area contributed by atoms with Gasteiger partial charge in [0.2, 0.25) is 10.0 Å². The van der Waals surface area contributed by atoms with Crippen molar-refractivity contribution in [3.05, 3.63) is 16.3 Å². The third kappa shape index (κ3) is 4.29. The van der Waals surface area contributed by atoms with Crippen molar-refractivity contribution < 1.29 is 23.1 Å². The fraction of sp³-hybridized carbons (Fsp3) is 0.571. The minimum atomic E-state index is -3.74. The number of hydrogen-bond acceptors (Lipinski definition) is 6. The maximum absolute atomic E-state index is 12.8. The Balaban J connectivity index is 2.31. The van der Waals surface area contributed by atoms with E-state index >= 15 is 0 Å². The van der Waals surface area contributed by atoms with E-state index < -0.39 is 28.4 Å². The molecular weight excluding hydrogens is 372 g/mol. The van der Waals surface area contributed by atoms with Gasteiger partial charge in [-0.15, -0.1) is 11.3 Å². The molecule has 1 aliphatic heterocycles. The third-order valence-electron chi connectivity index (χ3n) is 3.52. The summed E-state index contributed by atoms with van der Waals surface area (Å²) in [6.07, 6.45) is 0.593. The monoisotopic (exact) mass is 392 g/mol. The first kappa shape index (κ1) is 19.2. The van der Waals surface area contributed by atoms with E-state index in [1.165, 1.54) is 15.3 Å². The van der Waals surface area contributed by atoms with Crippen LogP contribution in [0, 0.1) is 0 Å². The number of aliphatic carboxylic acids is 1. The molecule has 2 heterocycles. The number of carbonyl (C=O) groups excluding carboxylic acids is 1. The van der Waals surface area contributed by atoms with E-state index in [0.29, 0.717) is 19.5 Å². The molecule has 134 valence electrons. The van der Waals surface area contributed by atoms with Crippen molar-refractivity contribution in [2.24, 2.45) is 0 Å². The molecule has 1 fully saturated rings. The van der Waals surface area contributed by atoms with Crippen LogP contribution in [0.1, 0.15) is 23.0 Å². The van der Waals surface area contributed by atoms with Gasteiger partial charge in [0, 0.05) is 31.1 Å². The Morgan fingerprint density at radius 3 is 2.58 bits per heavy atom. The van der Waals surface area contributed by atoms with Gasteiger partial charge in [0.05, 0.1) is 0 Å². The van der Waals surface area contributed by atoms with Gasteiger partial charge >= 0.3 is 5.97 Å². The molecule has 0 bridgehead atoms. The lowest BCUT2D eigenvalue weighted by Gasteiger charge is -2.26. The van der Waals surface area contributed by atoms with Crippen LogP contribution in [0.15, 0.2) is 16.3 Å². The van der Waals surface area contributed by atoms with Crippen molar-refractivity contribution in [2.45, 2.75) is 18.2 Å². The number of carboxylic acids is 1. The number of sulfonamides is 1. The molecule has 24 heavy (non-hydrogen) atoms. The predicted octanol–water partition coefficient (Wildman–Crippen LogP) is 1.42. The SMILES string of the molecule is CCCN(CC(=O)O)C(=O)c1sccc1S(=O)(=O)N1CCSCC1. The zero-order valence-corrected chi connectivity index (χ0v) is 15.8. The highest BCUT2D eigenvalue weighted by Crippen LogP contribution is 2.28. The van der Waals surface area contributed by atoms with Crippen LogP contribution < -0.4 is 0 Å². The fourth-order valence-electron chi connectivity index (χ4n) is 2.41. The van der Waals surface area contributed by atoms with Crippen molar-refractivity contribution >= 4 is 45.0 Å². The molecule has 0 atom stereocenters. The molecule has 1 aromatic rings. The maximum Gasteiger partial charge on any atom is 0.323 e. The lowest BCUT2D eigenvalue weighted by molar-refractivity contribution is -0.137. The van der Waals surface area contributed by atoms with E-state index in [4.69, 9.17) is 5.11 Å². The molecule has 0 spiro atoms. The molecule has 1 amide bonds. The van der Waals surface area contributed by atoms with Crippen LogP contribution >= 0.6 is 23.1 Å². The standard InChI is InChI=1S/C14H20N2O5S3/c1-2-4-15(10-12(17)18)14(19)13-11(3-7-23-13)24(20,21)16-5-8-22-9-6-16/h3,7H,2,4-6,8-10H2,1H3,(H,17,18). The number of amides is 1. The van der Waals surface area contributed by atoms with Crippen LogP contribution in [0.2, 0.25) is 0 Å². The topological polar surface area (TPSA) is 95.0 Å². The second kappa shape index (κ2) is 8.32. The van der Waals surface area contributed by atoms with Crippen molar-refractivity contribution in [1.29, 1.82) is 0 Å². The third-order valence-corrected chi connectivity index (χ3v) is 7.43. The van der Waals surface area contributed by atoms with Gasteiger partial charge in [-0.25, -0.2) is 8.42 Å². The molecule has 0 aromatic carbocycles. The molecule has 0 unspecified atom stereocenters. The number of thioether (sulfide) groups is 1. The number of nitrogens with zero attached hydrogens (tertiary/aromatic N) is 2. The van der Waals surface area contributed by atoms with E-state index in [1.807, 2.05) is 6.92 Å². The minimum absolute atomic E-state index is 0.0177. The summed E-state index contributed by atoms with van der Waals surface area (Å²) < 4.78 is 27.0. The Kier molecular flexibility index (Phi) is 6.67. The molecule has 1 saturated heterocycles. The van der Waals surface area contributed by atoms with Crippen LogP contribution in [-0.2, 0) is 14.8 Å². The summed E-state index contributed by atoms with van der Waals surface area (Å²) in [4.78, 5) is 24.9. The highest BCUT2D eigenvalue weighted by Gasteiger charge is 2.32. The zero-order chi connectivity index (χ0) is 17.7. The average Bonchev–Trinajstić information content (AvgIpc) is 3.04. The van der Waals surface area contributed by atoms with Crippen molar-refractivity contribution in [1.82, 2.24) is 9.21 Å². The summed E-state index contributed by atoms with van der Waals surface area (Å²) in [6.45, 7) is 2.50. The largest absolute Gasteiger partial charge is 0.480 e. The van der Waals surface area contributed by atoms with Crippen molar-refractivity contribution in [2.75, 3.05) is 37.7 Å². The highest BCUT2D eigenvalue weighted by atomic mass is 32.2. The van der Waals surface area contributed by atoms with Crippen molar-refractivity contribution in [3.63, 3.8) is 0 Å². The van der Waals surface area contributed by atoms with Crippen LogP contribution in [0.5, 0.6) is 0 Å². The van der Waals surface area contributed by atoms with Gasteiger partial charge in [-0.1, -0.05) is 6.92 Å². The molecule has 0 radical (unpaired) electrons. The zero-order valence-electron chi connectivity index (χ0n) is 13.3. The Morgan fingerprint density at radius 2 is 2.00 bits per heavy atom. The number of hydrogen-bond donors (Lipinski definition) is 1. The van der Waals surface area contributed by atoms with Gasteiger partial charge in [-0.3, -0.25) is 9.59 Å². The molecule has 0 saturated carbocycles. The van der Waals surface area contributed by atoms with E-state index in [-0.39, 0.29) is 16.3 Å². The van der Waals surface area contributed by atoms with Crippen LogP contribution in [-0.4, -0.2) is 72.3 Å². The Morgan fingerprint density at radius 1 is 1.33 bits per heavy atom. The summed E-state index contributed by atoms with van der Waals surface area (Å²) in [7, 11) is -3.74. The number of rotatable bonds is 7. The number of carboxylic acid groups (broad SMARTS) is 1. The van der Waals surface area contributed by atoms with E-state index in [1.54, 1.807) is 17.1 Å². The lowest BCUT2D eigenvalue weighted by atomic mass is 10.3. The van der Waals surface area contributed by atoms with Crippen LogP contribution in [0.4, 0.5) is 0 Å². The molecule has 1 N–H and O–H groups in total. The second-order valence-corrected chi connectivity index (χ2v) is 9.30. The normalized spacial score (nSPS) is 16.0. The smallest absolute Gasteiger partial charge is 0.323 e. The van der Waals surface area contributed by atoms with E-state index in [9.17, 15) is 18.0 Å². The summed E-state index contributed by atoms with van der Waals surface area (Å²) in [5, 5.41) is 10.5. The lowest BCUT2D eigenvalue weighted by Crippen LogP contribution is -2.40. The summed E-state index contributed by atoms with van der Waals surface area (Å²) >= 11 is 2.73. The van der Waals surface area contributed by atoms with Crippen molar-refractivity contribution in [3.8, 4) is 0 Å². The average molecular weight is 393 g/mol. The molecule has 1 aromatic heterocycles. The van der Waals surface area contributed by atoms with E-state index in [0.717, 1.165) is 22.8 Å². The quantitative estimate of drug-likeness (QED) is 0.754. The minimum Gasteiger partial charge on any atom is -0.480 e. The summed E-state index contributed by atoms with van der Waals surface area (Å²) in [5.41, 5.74) is 0. The van der Waals surface area contributed by atoms with Gasteiger partial charge in [0.15, 0.2) is 0 Å². The summed E-state index contributed by atoms with van der Waals surface area (Å²) in [5.74, 6) is -0.202. The van der Waals surface area contributed by atoms with Gasteiger partial charge in [0.1, 0.15) is 16.3 Å². The van der Waals surface area contributed by atoms with Gasteiger partial charge in [-0.2, -0.15) is 16.1 Å². The Labute approximate surface area is 149 Å². The van der Waals surface area contributed by atoms with Crippen LogP contribution in [0.3, 0.4) is 0 Å². The van der Waals surface area contributed by atoms with E-state index in [2.05, 4.69) is 0 Å². The van der Waals surface area contributed by atoms with Gasteiger partial charge in [0.25, 0.3) is 5.91 Å². The molecule has 0 aliphatic carbocycles. The second-order valence-electron chi connectivity index (χ2n) is 5.25. The molecule has 1 aliphatic rings. The first-order chi connectivity index (χ1) is 11.4. The fourth-order valence-corrected chi connectivity index (χ4v) is 6.35. The summed E-state index contributed by atoms with van der Waals surface area (Å²) in [6, 6.07) is 1.43. The molecule has 2 rings (SSSR count). The predicted molar refractivity (Wildman–Crippen MR) is 94.2 cm³/mol. The first-order valence-electron chi connectivity index (χ1n) is 7.54. The first-order valence-corrected chi connectivity index (χ1v) is 11.0. The molecular formula is C14H20N2O5S3. The number of carbonyl (C=O) groups is 2. The highest BCUT2D eigenvalue weighted by molar-refractivity contribution is 7.99. The Hall–Kier alpha value is -1.10. The maximum atomic E-state index is 12.8. The van der Waals surface area contributed by atoms with Crippen LogP contribution in [0.25, 0.3) is 0 Å².